The molecule has 0 amide bonds. The SMILES string of the molecule is CCCC(Cl)C(C)C(=O)O. The summed E-state index contributed by atoms with van der Waals surface area (Å²) >= 11 is 5.75. The molecule has 0 aromatic heterocycles. The van der Waals surface area contributed by atoms with Crippen molar-refractivity contribution in [1.82, 2.24) is 0 Å². The lowest BCUT2D eigenvalue weighted by molar-refractivity contribution is -0.141. The smallest absolute Gasteiger partial charge is 0.307 e. The van der Waals surface area contributed by atoms with Gasteiger partial charge in [0.2, 0.25) is 0 Å². The fourth-order valence-electron chi connectivity index (χ4n) is 0.680. The van der Waals surface area contributed by atoms with Gasteiger partial charge in [0.05, 0.1) is 5.92 Å². The van der Waals surface area contributed by atoms with Crippen molar-refractivity contribution in [3.63, 3.8) is 0 Å². The van der Waals surface area contributed by atoms with E-state index in [0.29, 0.717) is 0 Å². The lowest BCUT2D eigenvalue weighted by Crippen LogP contribution is -2.20. The molecule has 0 saturated carbocycles. The molecule has 60 valence electrons. The second kappa shape index (κ2) is 4.56. The summed E-state index contributed by atoms with van der Waals surface area (Å²) in [5, 5.41) is 8.27. The van der Waals surface area contributed by atoms with E-state index in [1.54, 1.807) is 6.92 Å². The molecule has 10 heavy (non-hydrogen) atoms. The molecule has 0 aliphatic carbocycles. The highest BCUT2D eigenvalue weighted by Gasteiger charge is 2.19. The monoisotopic (exact) mass is 164 g/mol. The van der Waals surface area contributed by atoms with Gasteiger partial charge in [0.1, 0.15) is 0 Å². The summed E-state index contributed by atoms with van der Waals surface area (Å²) in [5.41, 5.74) is 0. The second-order valence-corrected chi connectivity index (χ2v) is 2.99. The maximum Gasteiger partial charge on any atom is 0.307 e. The quantitative estimate of drug-likeness (QED) is 0.647. The number of hydrogen-bond acceptors (Lipinski definition) is 1. The molecule has 0 aliphatic heterocycles. The Bertz CT molecular complexity index is 114. The molecule has 0 aromatic rings. The molecule has 0 heterocycles. The van der Waals surface area contributed by atoms with Crippen molar-refractivity contribution in [3.05, 3.63) is 0 Å². The Morgan fingerprint density at radius 1 is 1.70 bits per heavy atom. The van der Waals surface area contributed by atoms with Crippen LogP contribution in [-0.2, 0) is 4.79 Å². The predicted octanol–water partition coefficient (Wildman–Crippen LogP) is 2.11. The van der Waals surface area contributed by atoms with E-state index in [0.717, 1.165) is 12.8 Å². The Morgan fingerprint density at radius 2 is 2.20 bits per heavy atom. The van der Waals surface area contributed by atoms with Gasteiger partial charge in [-0.1, -0.05) is 20.3 Å². The number of alkyl halides is 1. The minimum absolute atomic E-state index is 0.220. The molecule has 0 aromatic carbocycles. The topological polar surface area (TPSA) is 37.3 Å². The van der Waals surface area contributed by atoms with E-state index in [-0.39, 0.29) is 5.38 Å². The van der Waals surface area contributed by atoms with E-state index in [1.165, 1.54) is 0 Å². The Labute approximate surface area is 66.2 Å². The van der Waals surface area contributed by atoms with Gasteiger partial charge in [-0.2, -0.15) is 0 Å². The van der Waals surface area contributed by atoms with Gasteiger partial charge in [0, 0.05) is 5.38 Å². The van der Waals surface area contributed by atoms with Gasteiger partial charge in [-0.25, -0.2) is 0 Å². The Morgan fingerprint density at radius 3 is 2.50 bits per heavy atom. The van der Waals surface area contributed by atoms with E-state index < -0.39 is 11.9 Å². The van der Waals surface area contributed by atoms with Crippen LogP contribution in [0.25, 0.3) is 0 Å². The van der Waals surface area contributed by atoms with E-state index in [1.807, 2.05) is 6.92 Å². The van der Waals surface area contributed by atoms with E-state index >= 15 is 0 Å². The van der Waals surface area contributed by atoms with Crippen LogP contribution in [0.4, 0.5) is 0 Å². The summed E-state index contributed by atoms with van der Waals surface area (Å²) < 4.78 is 0. The Hall–Kier alpha value is -0.240. The zero-order chi connectivity index (χ0) is 8.15. The molecular formula is C7H13ClO2. The third-order valence-electron chi connectivity index (χ3n) is 1.50. The van der Waals surface area contributed by atoms with E-state index in [2.05, 4.69) is 0 Å². The third kappa shape index (κ3) is 3.06. The number of carboxylic acid groups (broad SMARTS) is 1. The van der Waals surface area contributed by atoms with Crippen LogP contribution in [0.5, 0.6) is 0 Å². The van der Waals surface area contributed by atoms with Crippen LogP contribution < -0.4 is 0 Å². The van der Waals surface area contributed by atoms with Gasteiger partial charge in [-0.3, -0.25) is 4.79 Å². The molecule has 3 heteroatoms. The van der Waals surface area contributed by atoms with Crippen molar-refractivity contribution in [1.29, 1.82) is 0 Å². The molecule has 2 nitrogen and oxygen atoms in total. The van der Waals surface area contributed by atoms with Crippen molar-refractivity contribution in [2.45, 2.75) is 32.1 Å². The number of carbonyl (C=O) groups is 1. The van der Waals surface area contributed by atoms with Gasteiger partial charge in [0.15, 0.2) is 0 Å². The van der Waals surface area contributed by atoms with Crippen LogP contribution in [0, 0.1) is 5.92 Å². The highest BCUT2D eigenvalue weighted by Crippen LogP contribution is 2.15. The van der Waals surface area contributed by atoms with Crippen LogP contribution in [-0.4, -0.2) is 16.5 Å². The standard InChI is InChI=1S/C7H13ClO2/c1-3-4-6(8)5(2)7(9)10/h5-6H,3-4H2,1-2H3,(H,9,10). The van der Waals surface area contributed by atoms with Gasteiger partial charge in [-0.15, -0.1) is 11.6 Å². The maximum atomic E-state index is 10.3. The van der Waals surface area contributed by atoms with Gasteiger partial charge >= 0.3 is 5.97 Å². The summed E-state index contributed by atoms with van der Waals surface area (Å²) in [5.74, 6) is -1.24. The van der Waals surface area contributed by atoms with E-state index in [4.69, 9.17) is 16.7 Å². The fourth-order valence-corrected chi connectivity index (χ4v) is 1.01. The lowest BCUT2D eigenvalue weighted by Gasteiger charge is -2.11. The van der Waals surface area contributed by atoms with Crippen molar-refractivity contribution >= 4 is 17.6 Å². The number of rotatable bonds is 4. The molecule has 0 rings (SSSR count). The van der Waals surface area contributed by atoms with Crippen molar-refractivity contribution in [3.8, 4) is 0 Å². The second-order valence-electron chi connectivity index (χ2n) is 2.43. The van der Waals surface area contributed by atoms with Crippen LogP contribution in [0.15, 0.2) is 0 Å². The van der Waals surface area contributed by atoms with E-state index in [9.17, 15) is 4.79 Å². The average Bonchev–Trinajstić information content (AvgIpc) is 1.87. The molecule has 2 unspecified atom stereocenters. The summed E-state index contributed by atoms with van der Waals surface area (Å²) in [6.45, 7) is 3.62. The first-order valence-electron chi connectivity index (χ1n) is 3.46. The first kappa shape index (κ1) is 9.76. The molecule has 1 N–H and O–H groups in total. The molecule has 0 bridgehead atoms. The lowest BCUT2D eigenvalue weighted by atomic mass is 10.0. The molecule has 0 aliphatic rings. The summed E-state index contributed by atoms with van der Waals surface area (Å²) in [7, 11) is 0. The normalized spacial score (nSPS) is 16.3. The third-order valence-corrected chi connectivity index (χ3v) is 2.09. The van der Waals surface area contributed by atoms with Gasteiger partial charge in [0.25, 0.3) is 0 Å². The van der Waals surface area contributed by atoms with Crippen LogP contribution >= 0.6 is 11.6 Å². The molecule has 0 fully saturated rings. The van der Waals surface area contributed by atoms with Gasteiger partial charge < -0.3 is 5.11 Å². The molecule has 0 saturated heterocycles. The summed E-state index contributed by atoms with van der Waals surface area (Å²) in [6, 6.07) is 0. The van der Waals surface area contributed by atoms with Crippen LogP contribution in [0.1, 0.15) is 26.7 Å². The highest BCUT2D eigenvalue weighted by atomic mass is 35.5. The average molecular weight is 165 g/mol. The number of aliphatic carboxylic acids is 1. The summed E-state index contributed by atoms with van der Waals surface area (Å²) in [6.07, 6.45) is 1.71. The van der Waals surface area contributed by atoms with Crippen LogP contribution in [0.3, 0.4) is 0 Å². The minimum atomic E-state index is -0.812. The fraction of sp³-hybridized carbons (Fsp3) is 0.857. The number of hydrogen-bond donors (Lipinski definition) is 1. The number of carboxylic acids is 1. The number of halogens is 1. The Kier molecular flexibility index (Phi) is 4.45. The predicted molar refractivity (Wildman–Crippen MR) is 41.3 cm³/mol. The van der Waals surface area contributed by atoms with Crippen molar-refractivity contribution in [2.24, 2.45) is 5.92 Å². The largest absolute Gasteiger partial charge is 0.481 e. The Balaban J connectivity index is 3.69. The van der Waals surface area contributed by atoms with Crippen LogP contribution in [0.2, 0.25) is 0 Å². The van der Waals surface area contributed by atoms with Crippen molar-refractivity contribution < 1.29 is 9.90 Å². The minimum Gasteiger partial charge on any atom is -0.481 e. The maximum absolute atomic E-state index is 10.3. The first-order valence-corrected chi connectivity index (χ1v) is 3.90. The molecule has 2 atom stereocenters. The molecule has 0 spiro atoms. The first-order chi connectivity index (χ1) is 4.59. The van der Waals surface area contributed by atoms with Crippen molar-refractivity contribution in [2.75, 3.05) is 0 Å². The molecule has 0 radical (unpaired) electrons. The zero-order valence-corrected chi connectivity index (χ0v) is 7.06. The highest BCUT2D eigenvalue weighted by molar-refractivity contribution is 6.21. The molecular weight excluding hydrogens is 152 g/mol. The van der Waals surface area contributed by atoms with Gasteiger partial charge in [-0.05, 0) is 6.42 Å². The zero-order valence-electron chi connectivity index (χ0n) is 6.30. The summed E-state index contributed by atoms with van der Waals surface area (Å²) in [4.78, 5) is 10.3.